The number of para-hydroxylation sites is 1. The summed E-state index contributed by atoms with van der Waals surface area (Å²) in [5.41, 5.74) is 2.41. The zero-order chi connectivity index (χ0) is 10.1. The van der Waals surface area contributed by atoms with Gasteiger partial charge in [-0.1, -0.05) is 18.2 Å². The molecule has 0 atom stereocenters. The normalized spacial score (nSPS) is 13.3. The fourth-order valence-electron chi connectivity index (χ4n) is 1.82. The zero-order valence-electron chi connectivity index (χ0n) is 8.22. The molecule has 1 aromatic heterocycles. The van der Waals surface area contributed by atoms with Gasteiger partial charge in [-0.25, -0.2) is 0 Å². The van der Waals surface area contributed by atoms with Gasteiger partial charge in [0, 0.05) is 17.4 Å². The first-order chi connectivity index (χ1) is 7.45. The van der Waals surface area contributed by atoms with Crippen molar-refractivity contribution < 1.29 is 0 Å². The highest BCUT2D eigenvalue weighted by atomic mass is 15.1. The van der Waals surface area contributed by atoms with E-state index in [1.165, 1.54) is 11.3 Å². The lowest BCUT2D eigenvalue weighted by Crippen LogP contribution is -2.08. The third-order valence-corrected chi connectivity index (χ3v) is 2.56. The molecular formula is C12H11N3. The average Bonchev–Trinajstić information content (AvgIpc) is 2.74. The number of fused-ring (bicyclic) bond motifs is 1. The van der Waals surface area contributed by atoms with E-state index in [1.807, 2.05) is 18.2 Å². The minimum Gasteiger partial charge on any atom is -0.332 e. The molecule has 1 N–H and O–H groups in total. The van der Waals surface area contributed by atoms with Crippen LogP contribution in [0.15, 0.2) is 47.6 Å². The maximum Gasteiger partial charge on any atom is 0.120 e. The second-order valence-corrected chi connectivity index (χ2v) is 3.51. The molecule has 2 heterocycles. The van der Waals surface area contributed by atoms with Gasteiger partial charge in [0.2, 0.25) is 0 Å². The molecule has 3 nitrogen and oxygen atoms in total. The smallest absolute Gasteiger partial charge is 0.120 e. The quantitative estimate of drug-likeness (QED) is 0.747. The monoisotopic (exact) mass is 197 g/mol. The third kappa shape index (κ3) is 1.32. The van der Waals surface area contributed by atoms with Gasteiger partial charge in [-0.3, -0.25) is 4.99 Å². The number of rotatable bonds is 1. The van der Waals surface area contributed by atoms with Gasteiger partial charge < -0.3 is 9.88 Å². The van der Waals surface area contributed by atoms with Crippen molar-refractivity contribution in [3.05, 3.63) is 48.2 Å². The maximum absolute atomic E-state index is 4.18. The molecule has 3 rings (SSSR count). The van der Waals surface area contributed by atoms with Crippen molar-refractivity contribution in [2.45, 2.75) is 6.54 Å². The Hall–Kier alpha value is -2.03. The van der Waals surface area contributed by atoms with Crippen LogP contribution in [0.5, 0.6) is 0 Å². The van der Waals surface area contributed by atoms with Crippen LogP contribution in [0, 0.1) is 0 Å². The number of aliphatic imine (C=N–C) groups is 1. The lowest BCUT2D eigenvalue weighted by Gasteiger charge is -2.12. The molecule has 0 saturated heterocycles. The van der Waals surface area contributed by atoms with E-state index in [2.05, 4.69) is 39.3 Å². The van der Waals surface area contributed by atoms with E-state index in [1.54, 1.807) is 6.34 Å². The van der Waals surface area contributed by atoms with Gasteiger partial charge in [-0.05, 0) is 18.2 Å². The second-order valence-electron chi connectivity index (χ2n) is 3.51. The minimum absolute atomic E-state index is 0.766. The molecule has 0 fully saturated rings. The van der Waals surface area contributed by atoms with Crippen LogP contribution >= 0.6 is 0 Å². The number of benzene rings is 1. The summed E-state index contributed by atoms with van der Waals surface area (Å²) >= 11 is 0. The highest BCUT2D eigenvalue weighted by Gasteiger charge is 2.11. The van der Waals surface area contributed by atoms with Crippen molar-refractivity contribution in [1.82, 2.24) is 4.57 Å². The topological polar surface area (TPSA) is 29.3 Å². The van der Waals surface area contributed by atoms with Crippen molar-refractivity contribution in [1.29, 1.82) is 0 Å². The Morgan fingerprint density at radius 3 is 2.87 bits per heavy atom. The number of hydrogen-bond acceptors (Lipinski definition) is 2. The van der Waals surface area contributed by atoms with Gasteiger partial charge in [-0.15, -0.1) is 0 Å². The van der Waals surface area contributed by atoms with Crippen molar-refractivity contribution in [2.24, 2.45) is 4.99 Å². The highest BCUT2D eigenvalue weighted by molar-refractivity contribution is 5.79. The number of nitrogens with one attached hydrogen (secondary N) is 1. The van der Waals surface area contributed by atoms with Crippen molar-refractivity contribution >= 4 is 12.2 Å². The first kappa shape index (κ1) is 8.29. The molecule has 0 unspecified atom stereocenters. The second kappa shape index (κ2) is 3.28. The van der Waals surface area contributed by atoms with Gasteiger partial charge in [0.05, 0.1) is 12.9 Å². The van der Waals surface area contributed by atoms with Crippen LogP contribution < -0.4 is 5.32 Å². The standard InChI is InChI=1S/C12H11N3/c1-2-4-11(5-3-1)15-7-6-10-8-13-9-14-12(10)15/h1-7,9H,8H2,(H,13,14). The van der Waals surface area contributed by atoms with Gasteiger partial charge in [0.25, 0.3) is 0 Å². The molecule has 0 radical (unpaired) electrons. The van der Waals surface area contributed by atoms with Gasteiger partial charge >= 0.3 is 0 Å². The van der Waals surface area contributed by atoms with Gasteiger partial charge in [0.1, 0.15) is 5.82 Å². The molecule has 15 heavy (non-hydrogen) atoms. The van der Waals surface area contributed by atoms with Crippen molar-refractivity contribution in [2.75, 3.05) is 5.32 Å². The fraction of sp³-hybridized carbons (Fsp3) is 0.0833. The van der Waals surface area contributed by atoms with Crippen molar-refractivity contribution in [3.63, 3.8) is 0 Å². The predicted octanol–water partition coefficient (Wildman–Crippen LogP) is 2.43. The van der Waals surface area contributed by atoms with Crippen LogP contribution in [0.4, 0.5) is 5.82 Å². The summed E-state index contributed by atoms with van der Waals surface area (Å²) in [6, 6.07) is 12.4. The Labute approximate surface area is 88.1 Å². The summed E-state index contributed by atoms with van der Waals surface area (Å²) in [7, 11) is 0. The van der Waals surface area contributed by atoms with Crippen LogP contribution in [-0.4, -0.2) is 10.9 Å². The summed E-state index contributed by atoms with van der Waals surface area (Å²) in [5.74, 6) is 1.12. The van der Waals surface area contributed by atoms with Crippen LogP contribution in [0.25, 0.3) is 5.69 Å². The molecule has 0 amide bonds. The van der Waals surface area contributed by atoms with Crippen LogP contribution in [-0.2, 0) is 6.54 Å². The Morgan fingerprint density at radius 2 is 2.00 bits per heavy atom. The lowest BCUT2D eigenvalue weighted by atomic mass is 10.3. The molecule has 3 heteroatoms. The molecule has 1 aliphatic heterocycles. The Balaban J connectivity index is 2.11. The Bertz CT molecular complexity index is 497. The summed E-state index contributed by atoms with van der Waals surface area (Å²) in [5, 5.41) is 3.18. The molecular weight excluding hydrogens is 186 g/mol. The van der Waals surface area contributed by atoms with Crippen LogP contribution in [0.1, 0.15) is 5.56 Å². The number of hydrogen-bond donors (Lipinski definition) is 1. The molecule has 74 valence electrons. The van der Waals surface area contributed by atoms with E-state index in [9.17, 15) is 0 Å². The third-order valence-electron chi connectivity index (χ3n) is 2.56. The van der Waals surface area contributed by atoms with E-state index >= 15 is 0 Å². The summed E-state index contributed by atoms with van der Waals surface area (Å²) in [6.45, 7) is 0.766. The first-order valence-electron chi connectivity index (χ1n) is 4.95. The first-order valence-corrected chi connectivity index (χ1v) is 4.95. The van der Waals surface area contributed by atoms with E-state index in [-0.39, 0.29) is 0 Å². The minimum atomic E-state index is 0.766. The summed E-state index contributed by atoms with van der Waals surface area (Å²) < 4.78 is 2.14. The predicted molar refractivity (Wildman–Crippen MR) is 61.6 cm³/mol. The summed E-state index contributed by atoms with van der Waals surface area (Å²) in [4.78, 5) is 4.18. The fourth-order valence-corrected chi connectivity index (χ4v) is 1.82. The maximum atomic E-state index is 4.18. The van der Waals surface area contributed by atoms with Crippen LogP contribution in [0.3, 0.4) is 0 Å². The van der Waals surface area contributed by atoms with Crippen molar-refractivity contribution in [3.8, 4) is 5.69 Å². The number of nitrogens with zero attached hydrogens (tertiary/aromatic N) is 2. The van der Waals surface area contributed by atoms with Gasteiger partial charge in [0.15, 0.2) is 0 Å². The molecule has 1 aromatic carbocycles. The molecule has 0 saturated carbocycles. The molecule has 1 aliphatic rings. The van der Waals surface area contributed by atoms with Crippen LogP contribution in [0.2, 0.25) is 0 Å². The molecule has 0 bridgehead atoms. The molecule has 0 aliphatic carbocycles. The zero-order valence-corrected chi connectivity index (χ0v) is 8.22. The van der Waals surface area contributed by atoms with E-state index in [0.717, 1.165) is 12.4 Å². The molecule has 0 spiro atoms. The summed E-state index contributed by atoms with van der Waals surface area (Å²) in [6.07, 6.45) is 3.82. The average molecular weight is 197 g/mol. The van der Waals surface area contributed by atoms with E-state index < -0.39 is 0 Å². The number of anilines is 1. The largest absolute Gasteiger partial charge is 0.332 e. The lowest BCUT2D eigenvalue weighted by molar-refractivity contribution is 1.02. The molecule has 2 aromatic rings. The van der Waals surface area contributed by atoms with E-state index in [0.29, 0.717) is 0 Å². The SMILES string of the molecule is C1=NCc2ccn(-c3ccccc3)c2N1. The Morgan fingerprint density at radius 1 is 1.13 bits per heavy atom. The Kier molecular flexibility index (Phi) is 1.81. The number of aromatic nitrogens is 1. The van der Waals surface area contributed by atoms with E-state index in [4.69, 9.17) is 0 Å². The highest BCUT2D eigenvalue weighted by Crippen LogP contribution is 2.24. The van der Waals surface area contributed by atoms with Gasteiger partial charge in [-0.2, -0.15) is 0 Å².